The first kappa shape index (κ1) is 14.3. The third-order valence-corrected chi connectivity index (χ3v) is 3.18. The van der Waals surface area contributed by atoms with Crippen molar-refractivity contribution in [2.75, 3.05) is 5.43 Å². The van der Waals surface area contributed by atoms with Gasteiger partial charge in [0.15, 0.2) is 0 Å². The van der Waals surface area contributed by atoms with Crippen LogP contribution in [0, 0.1) is 10.1 Å². The first-order chi connectivity index (χ1) is 9.58. The third kappa shape index (κ3) is 3.46. The van der Waals surface area contributed by atoms with Crippen LogP contribution in [0.3, 0.4) is 0 Å². The van der Waals surface area contributed by atoms with Crippen molar-refractivity contribution in [3.63, 3.8) is 0 Å². The van der Waals surface area contributed by atoms with Crippen molar-refractivity contribution in [1.82, 2.24) is 0 Å². The maximum atomic E-state index is 10.8. The molecule has 0 saturated heterocycles. The van der Waals surface area contributed by atoms with Crippen LogP contribution in [-0.4, -0.2) is 11.1 Å². The van der Waals surface area contributed by atoms with Crippen LogP contribution in [0.25, 0.3) is 0 Å². The van der Waals surface area contributed by atoms with Gasteiger partial charge in [-0.2, -0.15) is 5.10 Å². The monoisotopic (exact) mass is 309 g/mol. The SMILES string of the molecule is O=[N+]([O-])c1ccccc1N/N=C/c1ccc(Cl)c(Cl)c1. The van der Waals surface area contributed by atoms with E-state index in [1.54, 1.807) is 36.4 Å². The maximum Gasteiger partial charge on any atom is 0.294 e. The second-order valence-electron chi connectivity index (χ2n) is 3.82. The molecule has 2 aromatic rings. The number of hydrogen-bond acceptors (Lipinski definition) is 4. The molecular formula is C13H9Cl2N3O2. The molecule has 0 amide bonds. The Morgan fingerprint density at radius 2 is 1.90 bits per heavy atom. The molecule has 0 aromatic heterocycles. The molecule has 0 aliphatic carbocycles. The molecule has 0 fully saturated rings. The molecule has 0 atom stereocenters. The number of nitrogens with one attached hydrogen (secondary N) is 1. The number of para-hydroxylation sites is 2. The number of anilines is 1. The molecule has 0 aliphatic heterocycles. The Hall–Kier alpha value is -2.11. The number of nitro benzene ring substituents is 1. The van der Waals surface area contributed by atoms with Crippen molar-refractivity contribution < 1.29 is 4.92 Å². The molecule has 0 spiro atoms. The maximum absolute atomic E-state index is 10.8. The predicted molar refractivity (Wildman–Crippen MR) is 80.8 cm³/mol. The van der Waals surface area contributed by atoms with Crippen LogP contribution in [0.2, 0.25) is 10.0 Å². The van der Waals surface area contributed by atoms with Gasteiger partial charge in [0, 0.05) is 6.07 Å². The Morgan fingerprint density at radius 1 is 1.15 bits per heavy atom. The van der Waals surface area contributed by atoms with Crippen molar-refractivity contribution in [2.24, 2.45) is 5.10 Å². The van der Waals surface area contributed by atoms with Crippen molar-refractivity contribution in [2.45, 2.75) is 0 Å². The summed E-state index contributed by atoms with van der Waals surface area (Å²) in [6.07, 6.45) is 1.50. The standard InChI is InChI=1S/C13H9Cl2N3O2/c14-10-6-5-9(7-11(10)15)8-16-17-12-3-1-2-4-13(12)18(19)20/h1-8,17H/b16-8+. The average Bonchev–Trinajstić information content (AvgIpc) is 2.43. The number of nitro groups is 1. The molecule has 20 heavy (non-hydrogen) atoms. The highest BCUT2D eigenvalue weighted by molar-refractivity contribution is 6.42. The summed E-state index contributed by atoms with van der Waals surface area (Å²) in [4.78, 5) is 10.3. The Bertz CT molecular complexity index is 674. The normalized spacial score (nSPS) is 10.7. The van der Waals surface area contributed by atoms with Gasteiger partial charge in [-0.1, -0.05) is 41.4 Å². The van der Waals surface area contributed by atoms with E-state index in [4.69, 9.17) is 23.2 Å². The quantitative estimate of drug-likeness (QED) is 0.518. The molecule has 0 saturated carbocycles. The molecule has 2 aromatic carbocycles. The number of hydrazone groups is 1. The number of halogens is 2. The van der Waals surface area contributed by atoms with E-state index in [-0.39, 0.29) is 5.69 Å². The van der Waals surface area contributed by atoms with Gasteiger partial charge in [-0.15, -0.1) is 0 Å². The molecular weight excluding hydrogens is 301 g/mol. The van der Waals surface area contributed by atoms with Crippen LogP contribution < -0.4 is 5.43 Å². The van der Waals surface area contributed by atoms with Crippen LogP contribution in [0.1, 0.15) is 5.56 Å². The van der Waals surface area contributed by atoms with Gasteiger partial charge in [-0.05, 0) is 23.8 Å². The van der Waals surface area contributed by atoms with Gasteiger partial charge in [-0.25, -0.2) is 0 Å². The Morgan fingerprint density at radius 3 is 2.60 bits per heavy atom. The minimum atomic E-state index is -0.475. The van der Waals surface area contributed by atoms with Crippen LogP contribution in [0.15, 0.2) is 47.6 Å². The fourth-order valence-corrected chi connectivity index (χ4v) is 1.80. The summed E-state index contributed by atoms with van der Waals surface area (Å²) in [5, 5.41) is 15.6. The predicted octanol–water partition coefficient (Wildman–Crippen LogP) is 4.35. The summed E-state index contributed by atoms with van der Waals surface area (Å²) in [5.74, 6) is 0. The second kappa shape index (κ2) is 6.36. The Labute approximate surface area is 125 Å². The number of nitrogens with zero attached hydrogens (tertiary/aromatic N) is 2. The van der Waals surface area contributed by atoms with Gasteiger partial charge in [0.2, 0.25) is 0 Å². The Balaban J connectivity index is 2.14. The first-order valence-corrected chi connectivity index (χ1v) is 6.31. The topological polar surface area (TPSA) is 67.5 Å². The molecule has 1 N–H and O–H groups in total. The molecule has 2 rings (SSSR count). The molecule has 0 radical (unpaired) electrons. The smallest absolute Gasteiger partial charge is 0.272 e. The fourth-order valence-electron chi connectivity index (χ4n) is 1.50. The van der Waals surface area contributed by atoms with Gasteiger partial charge in [0.05, 0.1) is 21.2 Å². The summed E-state index contributed by atoms with van der Waals surface area (Å²) in [6.45, 7) is 0. The van der Waals surface area contributed by atoms with Crippen LogP contribution >= 0.6 is 23.2 Å². The number of benzene rings is 2. The van der Waals surface area contributed by atoms with Crippen LogP contribution in [0.4, 0.5) is 11.4 Å². The molecule has 0 bridgehead atoms. The second-order valence-corrected chi connectivity index (χ2v) is 4.63. The van der Waals surface area contributed by atoms with E-state index in [9.17, 15) is 10.1 Å². The zero-order valence-electron chi connectivity index (χ0n) is 10.1. The van der Waals surface area contributed by atoms with Gasteiger partial charge < -0.3 is 0 Å². The minimum Gasteiger partial charge on any atom is -0.272 e. The molecule has 7 heteroatoms. The van der Waals surface area contributed by atoms with E-state index in [1.807, 2.05) is 0 Å². The third-order valence-electron chi connectivity index (χ3n) is 2.44. The lowest BCUT2D eigenvalue weighted by atomic mass is 10.2. The summed E-state index contributed by atoms with van der Waals surface area (Å²) in [7, 11) is 0. The minimum absolute atomic E-state index is 0.0428. The fraction of sp³-hybridized carbons (Fsp3) is 0. The Kier molecular flexibility index (Phi) is 4.55. The van der Waals surface area contributed by atoms with E-state index in [0.29, 0.717) is 15.7 Å². The molecule has 0 aliphatic rings. The van der Waals surface area contributed by atoms with Crippen molar-refractivity contribution in [3.05, 3.63) is 68.2 Å². The summed E-state index contributed by atoms with van der Waals surface area (Å²) in [5.41, 5.74) is 3.63. The molecule has 0 heterocycles. The summed E-state index contributed by atoms with van der Waals surface area (Å²) < 4.78 is 0. The van der Waals surface area contributed by atoms with Gasteiger partial charge in [0.1, 0.15) is 5.69 Å². The number of hydrogen-bond donors (Lipinski definition) is 1. The van der Waals surface area contributed by atoms with E-state index in [1.165, 1.54) is 12.3 Å². The average molecular weight is 310 g/mol. The van der Waals surface area contributed by atoms with E-state index in [0.717, 1.165) is 5.56 Å². The highest BCUT2D eigenvalue weighted by atomic mass is 35.5. The number of rotatable bonds is 4. The van der Waals surface area contributed by atoms with Gasteiger partial charge in [0.25, 0.3) is 5.69 Å². The van der Waals surface area contributed by atoms with E-state index < -0.39 is 4.92 Å². The van der Waals surface area contributed by atoms with E-state index in [2.05, 4.69) is 10.5 Å². The molecule has 0 unspecified atom stereocenters. The van der Waals surface area contributed by atoms with Gasteiger partial charge in [-0.3, -0.25) is 15.5 Å². The van der Waals surface area contributed by atoms with Crippen molar-refractivity contribution >= 4 is 40.8 Å². The molecule has 5 nitrogen and oxygen atoms in total. The van der Waals surface area contributed by atoms with Crippen LogP contribution in [-0.2, 0) is 0 Å². The highest BCUT2D eigenvalue weighted by Crippen LogP contribution is 2.23. The highest BCUT2D eigenvalue weighted by Gasteiger charge is 2.10. The first-order valence-electron chi connectivity index (χ1n) is 5.55. The zero-order chi connectivity index (χ0) is 14.5. The lowest BCUT2D eigenvalue weighted by Gasteiger charge is -2.01. The lowest BCUT2D eigenvalue weighted by molar-refractivity contribution is -0.384. The van der Waals surface area contributed by atoms with Gasteiger partial charge >= 0.3 is 0 Å². The van der Waals surface area contributed by atoms with E-state index >= 15 is 0 Å². The van der Waals surface area contributed by atoms with Crippen LogP contribution in [0.5, 0.6) is 0 Å². The van der Waals surface area contributed by atoms with Crippen molar-refractivity contribution in [1.29, 1.82) is 0 Å². The summed E-state index contributed by atoms with van der Waals surface area (Å²) in [6, 6.07) is 11.3. The lowest BCUT2D eigenvalue weighted by Crippen LogP contribution is -1.96. The zero-order valence-corrected chi connectivity index (χ0v) is 11.6. The largest absolute Gasteiger partial charge is 0.294 e. The summed E-state index contributed by atoms with van der Waals surface area (Å²) >= 11 is 11.7. The van der Waals surface area contributed by atoms with Crippen molar-refractivity contribution in [3.8, 4) is 0 Å². The molecule has 102 valence electrons.